The van der Waals surface area contributed by atoms with E-state index in [0.717, 1.165) is 11.5 Å². The first-order valence-corrected chi connectivity index (χ1v) is 6.70. The van der Waals surface area contributed by atoms with E-state index in [1.54, 1.807) is 25.3 Å². The van der Waals surface area contributed by atoms with E-state index in [0.29, 0.717) is 29.5 Å². The molecule has 0 saturated carbocycles. The van der Waals surface area contributed by atoms with Crippen LogP contribution in [0.2, 0.25) is 5.02 Å². The molecule has 0 aliphatic carbocycles. The average molecular weight is 304 g/mol. The highest BCUT2D eigenvalue weighted by Crippen LogP contribution is 2.22. The molecule has 2 aromatic rings. The molecule has 108 valence electrons. The van der Waals surface area contributed by atoms with Crippen LogP contribution in [-0.2, 0) is 0 Å². The Kier molecular flexibility index (Phi) is 5.30. The van der Waals surface area contributed by atoms with Crippen molar-refractivity contribution in [3.63, 3.8) is 0 Å². The molecular weight excluding hydrogens is 290 g/mol. The third kappa shape index (κ3) is 4.30. The predicted molar refractivity (Wildman–Crippen MR) is 80.2 cm³/mol. The molecule has 0 atom stereocenters. The molecule has 0 fully saturated rings. The molecule has 4 nitrogen and oxygen atoms in total. The van der Waals surface area contributed by atoms with Gasteiger partial charge in [-0.3, -0.25) is 0 Å². The lowest BCUT2D eigenvalue weighted by Crippen LogP contribution is -2.09. The minimum atomic E-state index is 0.320. The first kappa shape index (κ1) is 15.0. The van der Waals surface area contributed by atoms with Crippen LogP contribution in [-0.4, -0.2) is 20.3 Å². The van der Waals surface area contributed by atoms with Gasteiger partial charge in [0.1, 0.15) is 36.5 Å². The molecule has 0 aliphatic rings. The Morgan fingerprint density at radius 2 is 1.67 bits per heavy atom. The van der Waals surface area contributed by atoms with Crippen molar-refractivity contribution in [2.75, 3.05) is 20.3 Å². The molecule has 2 aromatic carbocycles. The van der Waals surface area contributed by atoms with Gasteiger partial charge in [0.15, 0.2) is 0 Å². The van der Waals surface area contributed by atoms with E-state index in [-0.39, 0.29) is 0 Å². The summed E-state index contributed by atoms with van der Waals surface area (Å²) < 4.78 is 16.1. The highest BCUT2D eigenvalue weighted by atomic mass is 35.5. The summed E-state index contributed by atoms with van der Waals surface area (Å²) in [5.41, 5.74) is 0.448. The number of rotatable bonds is 6. The summed E-state index contributed by atoms with van der Waals surface area (Å²) in [5, 5.41) is 9.50. The van der Waals surface area contributed by atoms with Crippen LogP contribution in [0.1, 0.15) is 5.56 Å². The number of nitrogens with zero attached hydrogens (tertiary/aromatic N) is 1. The Bertz CT molecular complexity index is 635. The minimum Gasteiger partial charge on any atom is -0.497 e. The van der Waals surface area contributed by atoms with Gasteiger partial charge in [-0.1, -0.05) is 11.6 Å². The first-order chi connectivity index (χ1) is 10.2. The Morgan fingerprint density at radius 1 is 1.00 bits per heavy atom. The zero-order valence-corrected chi connectivity index (χ0v) is 12.3. The Morgan fingerprint density at radius 3 is 2.33 bits per heavy atom. The number of hydrogen-bond donors (Lipinski definition) is 0. The Labute approximate surface area is 128 Å². The maximum atomic E-state index is 8.98. The smallest absolute Gasteiger partial charge is 0.138 e. The molecule has 0 amide bonds. The molecule has 0 unspecified atom stereocenters. The number of benzene rings is 2. The molecule has 0 aromatic heterocycles. The van der Waals surface area contributed by atoms with Gasteiger partial charge in [0.05, 0.1) is 12.7 Å². The van der Waals surface area contributed by atoms with Crippen molar-refractivity contribution in [2.45, 2.75) is 0 Å². The highest BCUT2D eigenvalue weighted by Gasteiger charge is 2.04. The van der Waals surface area contributed by atoms with Crippen LogP contribution in [0.15, 0.2) is 42.5 Å². The molecule has 0 aliphatic heterocycles. The summed E-state index contributed by atoms with van der Waals surface area (Å²) in [6.45, 7) is 0.685. The van der Waals surface area contributed by atoms with E-state index in [2.05, 4.69) is 6.07 Å². The normalized spacial score (nSPS) is 9.76. The van der Waals surface area contributed by atoms with Gasteiger partial charge >= 0.3 is 0 Å². The van der Waals surface area contributed by atoms with Crippen molar-refractivity contribution in [1.82, 2.24) is 0 Å². The SMILES string of the molecule is COc1ccc(OCCOc2cc(Cl)ccc2C#N)cc1. The summed E-state index contributed by atoms with van der Waals surface area (Å²) in [7, 11) is 1.61. The van der Waals surface area contributed by atoms with Gasteiger partial charge in [-0.2, -0.15) is 5.26 Å². The topological polar surface area (TPSA) is 51.5 Å². The Hall–Kier alpha value is -2.38. The van der Waals surface area contributed by atoms with Gasteiger partial charge < -0.3 is 14.2 Å². The van der Waals surface area contributed by atoms with Gasteiger partial charge in [-0.25, -0.2) is 0 Å². The third-order valence-corrected chi connectivity index (χ3v) is 2.97. The van der Waals surface area contributed by atoms with Gasteiger partial charge in [-0.05, 0) is 36.4 Å². The fourth-order valence-corrected chi connectivity index (χ4v) is 1.85. The van der Waals surface area contributed by atoms with Crippen LogP contribution < -0.4 is 14.2 Å². The molecule has 0 N–H and O–H groups in total. The van der Waals surface area contributed by atoms with Gasteiger partial charge in [0, 0.05) is 11.1 Å². The van der Waals surface area contributed by atoms with E-state index in [4.69, 9.17) is 31.1 Å². The largest absolute Gasteiger partial charge is 0.497 e. The van der Waals surface area contributed by atoms with Gasteiger partial charge in [0.2, 0.25) is 0 Å². The van der Waals surface area contributed by atoms with E-state index >= 15 is 0 Å². The summed E-state index contributed by atoms with van der Waals surface area (Å²) in [4.78, 5) is 0. The highest BCUT2D eigenvalue weighted by molar-refractivity contribution is 6.30. The Balaban J connectivity index is 1.84. The zero-order chi connectivity index (χ0) is 15.1. The molecule has 0 bridgehead atoms. The van der Waals surface area contributed by atoms with Crippen LogP contribution in [0.25, 0.3) is 0 Å². The van der Waals surface area contributed by atoms with E-state index < -0.39 is 0 Å². The standard InChI is InChI=1S/C16H14ClNO3/c1-19-14-4-6-15(7-5-14)20-8-9-21-16-10-13(17)3-2-12(16)11-18/h2-7,10H,8-9H2,1H3. The van der Waals surface area contributed by atoms with Crippen molar-refractivity contribution < 1.29 is 14.2 Å². The average Bonchev–Trinajstić information content (AvgIpc) is 2.52. The second-order valence-electron chi connectivity index (χ2n) is 4.12. The maximum absolute atomic E-state index is 8.98. The monoisotopic (exact) mass is 303 g/mol. The van der Waals surface area contributed by atoms with Crippen molar-refractivity contribution in [1.29, 1.82) is 5.26 Å². The number of nitriles is 1. The molecule has 2 rings (SSSR count). The summed E-state index contributed by atoms with van der Waals surface area (Å²) in [5.74, 6) is 1.96. The van der Waals surface area contributed by atoms with E-state index in [1.807, 2.05) is 24.3 Å². The zero-order valence-electron chi connectivity index (χ0n) is 11.5. The molecule has 0 spiro atoms. The van der Waals surface area contributed by atoms with Crippen molar-refractivity contribution >= 4 is 11.6 Å². The molecular formula is C16H14ClNO3. The fraction of sp³-hybridized carbons (Fsp3) is 0.188. The summed E-state index contributed by atoms with van der Waals surface area (Å²) in [6.07, 6.45) is 0. The summed E-state index contributed by atoms with van der Waals surface area (Å²) in [6, 6.07) is 14.2. The quantitative estimate of drug-likeness (QED) is 0.764. The lowest BCUT2D eigenvalue weighted by Gasteiger charge is -2.10. The predicted octanol–water partition coefficient (Wildman–Crippen LogP) is 3.68. The van der Waals surface area contributed by atoms with Crippen molar-refractivity contribution in [2.24, 2.45) is 0 Å². The number of halogens is 1. The molecule has 21 heavy (non-hydrogen) atoms. The van der Waals surface area contributed by atoms with Crippen LogP contribution in [0.3, 0.4) is 0 Å². The summed E-state index contributed by atoms with van der Waals surface area (Å²) >= 11 is 5.88. The fourth-order valence-electron chi connectivity index (χ4n) is 1.69. The molecule has 0 saturated heterocycles. The first-order valence-electron chi connectivity index (χ1n) is 6.32. The molecule has 0 heterocycles. The van der Waals surface area contributed by atoms with Gasteiger partial charge in [-0.15, -0.1) is 0 Å². The van der Waals surface area contributed by atoms with Gasteiger partial charge in [0.25, 0.3) is 0 Å². The van der Waals surface area contributed by atoms with Crippen LogP contribution in [0.4, 0.5) is 0 Å². The van der Waals surface area contributed by atoms with Crippen molar-refractivity contribution in [3.8, 4) is 23.3 Å². The minimum absolute atomic E-state index is 0.320. The number of methoxy groups -OCH3 is 1. The number of hydrogen-bond acceptors (Lipinski definition) is 4. The van der Waals surface area contributed by atoms with Crippen LogP contribution >= 0.6 is 11.6 Å². The molecule has 0 radical (unpaired) electrons. The number of ether oxygens (including phenoxy) is 3. The van der Waals surface area contributed by atoms with E-state index in [1.165, 1.54) is 0 Å². The lowest BCUT2D eigenvalue weighted by atomic mass is 10.2. The van der Waals surface area contributed by atoms with Crippen molar-refractivity contribution in [3.05, 3.63) is 53.1 Å². The lowest BCUT2D eigenvalue weighted by molar-refractivity contribution is 0.216. The third-order valence-electron chi connectivity index (χ3n) is 2.73. The maximum Gasteiger partial charge on any atom is 0.138 e. The van der Waals surface area contributed by atoms with Crippen LogP contribution in [0.5, 0.6) is 17.2 Å². The van der Waals surface area contributed by atoms with E-state index in [9.17, 15) is 0 Å². The van der Waals surface area contributed by atoms with Crippen LogP contribution in [0, 0.1) is 11.3 Å². The second kappa shape index (κ2) is 7.41. The molecule has 5 heteroatoms. The second-order valence-corrected chi connectivity index (χ2v) is 4.56.